The molecule has 0 unspecified atom stereocenters. The fourth-order valence-electron chi connectivity index (χ4n) is 4.78. The van der Waals surface area contributed by atoms with Gasteiger partial charge in [-0.15, -0.1) is 0 Å². The molecular formula is C32H21FN2O4. The SMILES string of the molecule is O=C1NC(=O)N(c2ccccc2F)C(=O)/C1=C\c1c(OCc2cccc3ccccc23)ccc2ccccc12. The summed E-state index contributed by atoms with van der Waals surface area (Å²) in [5, 5.41) is 5.91. The van der Waals surface area contributed by atoms with E-state index in [0.717, 1.165) is 33.2 Å². The summed E-state index contributed by atoms with van der Waals surface area (Å²) in [5.74, 6) is -2.12. The highest BCUT2D eigenvalue weighted by atomic mass is 19.1. The first kappa shape index (κ1) is 24.1. The molecule has 6 rings (SSSR count). The molecule has 5 aromatic rings. The van der Waals surface area contributed by atoms with Gasteiger partial charge >= 0.3 is 6.03 Å². The number of carbonyl (C=O) groups is 3. The van der Waals surface area contributed by atoms with Gasteiger partial charge in [0.05, 0.1) is 5.69 Å². The zero-order chi connectivity index (χ0) is 26.9. The Hall–Kier alpha value is -5.30. The minimum absolute atomic E-state index is 0.246. The van der Waals surface area contributed by atoms with Crippen LogP contribution in [-0.2, 0) is 16.2 Å². The zero-order valence-corrected chi connectivity index (χ0v) is 20.6. The Balaban J connectivity index is 1.44. The lowest BCUT2D eigenvalue weighted by Crippen LogP contribution is -2.54. The second-order valence-corrected chi connectivity index (χ2v) is 9.03. The Labute approximate surface area is 222 Å². The first-order chi connectivity index (χ1) is 19.0. The summed E-state index contributed by atoms with van der Waals surface area (Å²) in [7, 11) is 0. The van der Waals surface area contributed by atoms with Crippen molar-refractivity contribution in [2.24, 2.45) is 0 Å². The molecule has 0 aromatic heterocycles. The molecule has 0 atom stereocenters. The summed E-state index contributed by atoms with van der Waals surface area (Å²) in [6, 6.07) is 29.5. The van der Waals surface area contributed by atoms with E-state index in [9.17, 15) is 18.8 Å². The maximum absolute atomic E-state index is 14.5. The molecule has 1 aliphatic heterocycles. The van der Waals surface area contributed by atoms with Gasteiger partial charge in [0.25, 0.3) is 11.8 Å². The summed E-state index contributed by atoms with van der Waals surface area (Å²) >= 11 is 0. The van der Waals surface area contributed by atoms with Crippen molar-refractivity contribution in [1.82, 2.24) is 5.32 Å². The van der Waals surface area contributed by atoms with Gasteiger partial charge in [-0.1, -0.05) is 84.9 Å². The summed E-state index contributed by atoms with van der Waals surface area (Å²) in [6.07, 6.45) is 1.40. The molecule has 1 aliphatic rings. The minimum atomic E-state index is -1.02. The molecule has 7 heteroatoms. The predicted molar refractivity (Wildman–Crippen MR) is 148 cm³/mol. The molecule has 1 fully saturated rings. The lowest BCUT2D eigenvalue weighted by atomic mass is 9.99. The van der Waals surface area contributed by atoms with Crippen LogP contribution in [0, 0.1) is 5.82 Å². The van der Waals surface area contributed by atoms with Crippen molar-refractivity contribution >= 4 is 51.2 Å². The van der Waals surface area contributed by atoms with Crippen LogP contribution in [0.3, 0.4) is 0 Å². The van der Waals surface area contributed by atoms with Crippen LogP contribution < -0.4 is 15.0 Å². The van der Waals surface area contributed by atoms with Crippen LogP contribution in [-0.4, -0.2) is 17.8 Å². The maximum atomic E-state index is 14.5. The van der Waals surface area contributed by atoms with Crippen molar-refractivity contribution in [1.29, 1.82) is 0 Å². The van der Waals surface area contributed by atoms with Crippen LogP contribution in [0.2, 0.25) is 0 Å². The third-order valence-corrected chi connectivity index (χ3v) is 6.68. The normalized spacial score (nSPS) is 14.7. The van der Waals surface area contributed by atoms with Crippen molar-refractivity contribution in [3.63, 3.8) is 0 Å². The van der Waals surface area contributed by atoms with Gasteiger partial charge in [-0.05, 0) is 51.4 Å². The number of urea groups is 1. The molecule has 1 heterocycles. The standard InChI is InChI=1S/C32H21FN2O4/c33-27-14-5-6-15-28(27)35-31(37)26(30(36)34-32(35)38)18-25-24-13-4-2-9-21(24)16-17-29(25)39-19-22-11-7-10-20-8-1-3-12-23(20)22/h1-18H,19H2,(H,34,36,38)/b26-18-. The Bertz CT molecular complexity index is 1820. The van der Waals surface area contributed by atoms with Crippen LogP contribution in [0.5, 0.6) is 5.75 Å². The lowest BCUT2D eigenvalue weighted by molar-refractivity contribution is -0.122. The number of halogens is 1. The number of amides is 4. The van der Waals surface area contributed by atoms with Crippen molar-refractivity contribution in [3.05, 3.63) is 126 Å². The second-order valence-electron chi connectivity index (χ2n) is 9.03. The molecule has 0 saturated carbocycles. The largest absolute Gasteiger partial charge is 0.488 e. The average molecular weight is 517 g/mol. The predicted octanol–water partition coefficient (Wildman–Crippen LogP) is 6.38. The summed E-state index contributed by atoms with van der Waals surface area (Å²) < 4.78 is 20.8. The molecule has 0 aliphatic carbocycles. The van der Waals surface area contributed by atoms with Crippen LogP contribution in [0.1, 0.15) is 11.1 Å². The first-order valence-electron chi connectivity index (χ1n) is 12.3. The number of ether oxygens (including phenoxy) is 1. The third-order valence-electron chi connectivity index (χ3n) is 6.68. The topological polar surface area (TPSA) is 75.7 Å². The van der Waals surface area contributed by atoms with Crippen LogP contribution in [0.15, 0.2) is 109 Å². The number of anilines is 1. The highest BCUT2D eigenvalue weighted by Gasteiger charge is 2.38. The molecule has 5 aromatic carbocycles. The molecule has 1 N–H and O–H groups in total. The maximum Gasteiger partial charge on any atom is 0.336 e. The third kappa shape index (κ3) is 4.40. The van der Waals surface area contributed by atoms with Crippen molar-refractivity contribution < 1.29 is 23.5 Å². The van der Waals surface area contributed by atoms with Gasteiger partial charge in [0.2, 0.25) is 0 Å². The zero-order valence-electron chi connectivity index (χ0n) is 20.6. The highest BCUT2D eigenvalue weighted by Crippen LogP contribution is 2.33. The van der Waals surface area contributed by atoms with E-state index >= 15 is 0 Å². The van der Waals surface area contributed by atoms with Crippen molar-refractivity contribution in [2.75, 3.05) is 4.90 Å². The highest BCUT2D eigenvalue weighted by molar-refractivity contribution is 6.39. The van der Waals surface area contributed by atoms with E-state index < -0.39 is 23.7 Å². The fourth-order valence-corrected chi connectivity index (χ4v) is 4.78. The first-order valence-corrected chi connectivity index (χ1v) is 12.3. The van der Waals surface area contributed by atoms with Crippen molar-refractivity contribution in [2.45, 2.75) is 6.61 Å². The Morgan fingerprint density at radius 2 is 1.41 bits per heavy atom. The number of barbiturate groups is 1. The summed E-state index contributed by atoms with van der Waals surface area (Å²) in [5.41, 5.74) is 0.908. The van der Waals surface area contributed by atoms with Gasteiger partial charge in [0.1, 0.15) is 23.7 Å². The van der Waals surface area contributed by atoms with E-state index in [-0.39, 0.29) is 17.9 Å². The number of nitrogens with zero attached hydrogens (tertiary/aromatic N) is 1. The Morgan fingerprint density at radius 1 is 0.744 bits per heavy atom. The van der Waals surface area contributed by atoms with E-state index in [0.29, 0.717) is 16.2 Å². The monoisotopic (exact) mass is 516 g/mol. The fraction of sp³-hybridized carbons (Fsp3) is 0.0312. The lowest BCUT2D eigenvalue weighted by Gasteiger charge is -2.26. The molecule has 1 saturated heterocycles. The number of hydrogen-bond acceptors (Lipinski definition) is 4. The van der Waals surface area contributed by atoms with Gasteiger partial charge < -0.3 is 4.74 Å². The molecule has 190 valence electrons. The Morgan fingerprint density at radius 3 is 2.21 bits per heavy atom. The van der Waals surface area contributed by atoms with Crippen LogP contribution in [0.4, 0.5) is 14.9 Å². The van der Waals surface area contributed by atoms with E-state index in [4.69, 9.17) is 4.74 Å². The Kier molecular flexibility index (Phi) is 6.09. The summed E-state index contributed by atoms with van der Waals surface area (Å²) in [6.45, 7) is 0.246. The van der Waals surface area contributed by atoms with Crippen LogP contribution >= 0.6 is 0 Å². The molecule has 0 radical (unpaired) electrons. The number of imide groups is 2. The molecule has 0 spiro atoms. The molecule has 4 amide bonds. The second kappa shape index (κ2) is 9.87. The van der Waals surface area contributed by atoms with Gasteiger partial charge in [0, 0.05) is 5.56 Å². The minimum Gasteiger partial charge on any atom is -0.488 e. The number of carbonyl (C=O) groups excluding carboxylic acids is 3. The van der Waals surface area contributed by atoms with Gasteiger partial charge in [-0.25, -0.2) is 14.1 Å². The molecule has 39 heavy (non-hydrogen) atoms. The number of fused-ring (bicyclic) bond motifs is 2. The van der Waals surface area contributed by atoms with Crippen molar-refractivity contribution in [3.8, 4) is 5.75 Å². The van der Waals surface area contributed by atoms with E-state index in [1.54, 1.807) is 6.07 Å². The van der Waals surface area contributed by atoms with Gasteiger partial charge in [0.15, 0.2) is 0 Å². The van der Waals surface area contributed by atoms with Gasteiger partial charge in [-0.2, -0.15) is 0 Å². The number of para-hydroxylation sites is 1. The van der Waals surface area contributed by atoms with E-state index in [2.05, 4.69) is 5.32 Å². The summed E-state index contributed by atoms with van der Waals surface area (Å²) in [4.78, 5) is 39.5. The molecular weight excluding hydrogens is 495 g/mol. The smallest absolute Gasteiger partial charge is 0.336 e. The number of hydrogen-bond donors (Lipinski definition) is 1. The molecule has 0 bridgehead atoms. The van der Waals surface area contributed by atoms with Crippen LogP contribution in [0.25, 0.3) is 27.6 Å². The number of nitrogens with one attached hydrogen (secondary N) is 1. The number of rotatable bonds is 5. The van der Waals surface area contributed by atoms with E-state index in [1.165, 1.54) is 24.3 Å². The number of benzene rings is 5. The molecule has 6 nitrogen and oxygen atoms in total. The van der Waals surface area contributed by atoms with E-state index in [1.807, 2.05) is 72.8 Å². The van der Waals surface area contributed by atoms with Gasteiger partial charge in [-0.3, -0.25) is 14.9 Å². The average Bonchev–Trinajstić information content (AvgIpc) is 2.95. The quantitative estimate of drug-likeness (QED) is 0.217.